The first-order valence-electron chi connectivity index (χ1n) is 12.6. The quantitative estimate of drug-likeness (QED) is 0.418. The van der Waals surface area contributed by atoms with Crippen LogP contribution in [0.1, 0.15) is 66.4 Å². The maximum atomic E-state index is 14.8. The molecular weight excluding hydrogens is 524 g/mol. The Morgan fingerprint density at radius 2 is 1.82 bits per heavy atom. The number of ketones is 1. The number of anilines is 1. The van der Waals surface area contributed by atoms with Crippen molar-refractivity contribution in [2.75, 3.05) is 24.7 Å². The van der Waals surface area contributed by atoms with E-state index in [9.17, 15) is 35.6 Å². The summed E-state index contributed by atoms with van der Waals surface area (Å²) in [5, 5.41) is 3.05. The first-order valence-corrected chi connectivity index (χ1v) is 14.5. The van der Waals surface area contributed by atoms with Gasteiger partial charge in [-0.2, -0.15) is 13.2 Å². The molecule has 2 atom stereocenters. The highest BCUT2D eigenvalue weighted by Crippen LogP contribution is 2.46. The van der Waals surface area contributed by atoms with Crippen LogP contribution in [-0.4, -0.2) is 50.4 Å². The fraction of sp³-hybridized carbons (Fsp3) is 0.481. The number of nitrogens with one attached hydrogen (secondary N) is 1. The van der Waals surface area contributed by atoms with Crippen molar-refractivity contribution in [2.24, 2.45) is 5.92 Å². The van der Waals surface area contributed by atoms with Gasteiger partial charge in [-0.05, 0) is 80.3 Å². The Kier molecular flexibility index (Phi) is 7.88. The summed E-state index contributed by atoms with van der Waals surface area (Å²) < 4.78 is 78.1. The van der Waals surface area contributed by atoms with Crippen LogP contribution in [0.15, 0.2) is 41.3 Å². The van der Waals surface area contributed by atoms with Gasteiger partial charge in [-0.25, -0.2) is 12.8 Å². The molecule has 2 fully saturated rings. The largest absolute Gasteiger partial charge is 0.416 e. The van der Waals surface area contributed by atoms with Crippen molar-refractivity contribution in [1.82, 2.24) is 4.90 Å². The fourth-order valence-electron chi connectivity index (χ4n) is 5.16. The first-order chi connectivity index (χ1) is 17.8. The number of halogens is 4. The minimum absolute atomic E-state index is 0.0115. The lowest BCUT2D eigenvalue weighted by Gasteiger charge is -2.27. The van der Waals surface area contributed by atoms with E-state index in [-0.39, 0.29) is 34.1 Å². The average molecular weight is 555 g/mol. The van der Waals surface area contributed by atoms with Gasteiger partial charge in [-0.1, -0.05) is 6.07 Å². The van der Waals surface area contributed by atoms with Gasteiger partial charge in [0.05, 0.1) is 22.1 Å². The van der Waals surface area contributed by atoms with Crippen molar-refractivity contribution in [3.8, 4) is 0 Å². The molecule has 206 valence electrons. The maximum absolute atomic E-state index is 14.8. The fourth-order valence-corrected chi connectivity index (χ4v) is 5.81. The lowest BCUT2D eigenvalue weighted by atomic mass is 9.86. The van der Waals surface area contributed by atoms with E-state index in [1.165, 1.54) is 23.1 Å². The van der Waals surface area contributed by atoms with E-state index in [0.29, 0.717) is 37.7 Å². The molecule has 11 heteroatoms. The molecule has 0 radical (unpaired) electrons. The van der Waals surface area contributed by atoms with Crippen molar-refractivity contribution >= 4 is 27.2 Å². The highest BCUT2D eigenvalue weighted by atomic mass is 32.2. The summed E-state index contributed by atoms with van der Waals surface area (Å²) in [7, 11) is -3.58. The zero-order chi connectivity index (χ0) is 27.8. The first kappa shape index (κ1) is 28.1. The highest BCUT2D eigenvalue weighted by molar-refractivity contribution is 7.90. The van der Waals surface area contributed by atoms with Gasteiger partial charge in [0.15, 0.2) is 15.6 Å². The Labute approximate surface area is 219 Å². The molecule has 1 heterocycles. The third-order valence-electron chi connectivity index (χ3n) is 7.24. The van der Waals surface area contributed by atoms with E-state index in [0.717, 1.165) is 31.2 Å². The van der Waals surface area contributed by atoms with Crippen LogP contribution in [0.5, 0.6) is 0 Å². The number of carbonyl (C=O) groups is 2. The smallest absolute Gasteiger partial charge is 0.385 e. The van der Waals surface area contributed by atoms with Gasteiger partial charge < -0.3 is 10.2 Å². The Bertz CT molecular complexity index is 1340. The average Bonchev–Trinajstić information content (AvgIpc) is 3.56. The summed E-state index contributed by atoms with van der Waals surface area (Å²) in [4.78, 5) is 28.5. The second-order valence-corrected chi connectivity index (χ2v) is 12.0. The summed E-state index contributed by atoms with van der Waals surface area (Å²) in [6, 6.07) is 5.88. The van der Waals surface area contributed by atoms with E-state index in [4.69, 9.17) is 0 Å². The van der Waals surface area contributed by atoms with Crippen molar-refractivity contribution < 1.29 is 35.6 Å². The Balaban J connectivity index is 1.59. The van der Waals surface area contributed by atoms with Crippen LogP contribution in [0.2, 0.25) is 0 Å². The zero-order valence-corrected chi connectivity index (χ0v) is 22.0. The van der Waals surface area contributed by atoms with E-state index in [2.05, 4.69) is 5.32 Å². The van der Waals surface area contributed by atoms with Gasteiger partial charge in [0, 0.05) is 31.5 Å². The van der Waals surface area contributed by atoms with Crippen LogP contribution in [0, 0.1) is 11.7 Å². The van der Waals surface area contributed by atoms with Crippen LogP contribution in [0.4, 0.5) is 23.2 Å². The van der Waals surface area contributed by atoms with E-state index >= 15 is 0 Å². The Hall–Kier alpha value is -2.95. The molecule has 0 unspecified atom stereocenters. The topological polar surface area (TPSA) is 83.6 Å². The minimum Gasteiger partial charge on any atom is -0.385 e. The lowest BCUT2D eigenvalue weighted by molar-refractivity contribution is -0.137. The van der Waals surface area contributed by atoms with Gasteiger partial charge in [-0.15, -0.1) is 0 Å². The number of sulfone groups is 1. The summed E-state index contributed by atoms with van der Waals surface area (Å²) in [6.45, 7) is 2.62. The molecule has 0 bridgehead atoms. The van der Waals surface area contributed by atoms with Crippen LogP contribution >= 0.6 is 0 Å². The van der Waals surface area contributed by atoms with E-state index in [1.54, 1.807) is 0 Å². The number of rotatable bonds is 9. The number of carbonyl (C=O) groups excluding carboxylic acids is 2. The van der Waals surface area contributed by atoms with Crippen LogP contribution < -0.4 is 5.32 Å². The van der Waals surface area contributed by atoms with Crippen molar-refractivity contribution in [3.63, 3.8) is 0 Å². The van der Waals surface area contributed by atoms with E-state index in [1.807, 2.05) is 6.92 Å². The van der Waals surface area contributed by atoms with Crippen molar-refractivity contribution in [1.29, 1.82) is 0 Å². The summed E-state index contributed by atoms with van der Waals surface area (Å²) in [6.07, 6.45) is -1.26. The maximum Gasteiger partial charge on any atom is 0.416 e. The zero-order valence-electron chi connectivity index (χ0n) is 21.1. The highest BCUT2D eigenvalue weighted by Gasteiger charge is 2.41. The number of nitrogens with zero attached hydrogens (tertiary/aromatic N) is 1. The number of likely N-dealkylation sites (tertiary alicyclic amines) is 1. The normalized spacial score (nSPS) is 18.9. The number of Topliss-reactive ketones (excluding diaryl/α,β-unsaturated/α-hetero) is 1. The summed E-state index contributed by atoms with van der Waals surface area (Å²) in [5.41, 5.74) is -0.410. The Morgan fingerprint density at radius 3 is 2.39 bits per heavy atom. The molecule has 1 N–H and O–H groups in total. The van der Waals surface area contributed by atoms with Gasteiger partial charge >= 0.3 is 6.18 Å². The SMILES string of the molecule is CCNc1ccc(S(C)(=O)=O)cc1C(=O)N1CCC[C@@H]1C(=O)C[C@@H](c1ccc(C(F)(F)F)cc1F)C1CC1. The minimum atomic E-state index is -4.67. The van der Waals surface area contributed by atoms with Crippen molar-refractivity contribution in [2.45, 2.75) is 62.1 Å². The Morgan fingerprint density at radius 1 is 1.11 bits per heavy atom. The standard InChI is InChI=1S/C27H30F4N2O4S/c1-3-32-23-11-9-18(38(2,36)37)14-21(23)26(35)33-12-4-5-24(33)25(34)15-20(16-6-7-16)19-10-8-17(13-22(19)28)27(29,30)31/h8-11,13-14,16,20,24,32H,3-7,12,15H2,1-2H3/t20-,24-/m1/s1. The molecule has 1 saturated carbocycles. The number of hydrogen-bond acceptors (Lipinski definition) is 5. The molecule has 4 rings (SSSR count). The monoisotopic (exact) mass is 554 g/mol. The molecule has 38 heavy (non-hydrogen) atoms. The summed E-state index contributed by atoms with van der Waals surface area (Å²) in [5.74, 6) is -2.34. The second kappa shape index (κ2) is 10.7. The number of benzene rings is 2. The van der Waals surface area contributed by atoms with Crippen LogP contribution in [0.3, 0.4) is 0 Å². The number of alkyl halides is 3. The molecule has 1 saturated heterocycles. The molecule has 2 aliphatic rings. The molecule has 1 aliphatic heterocycles. The number of hydrogen-bond donors (Lipinski definition) is 1. The van der Waals surface area contributed by atoms with Crippen LogP contribution in [0.25, 0.3) is 0 Å². The summed E-state index contributed by atoms with van der Waals surface area (Å²) >= 11 is 0. The van der Waals surface area contributed by atoms with Gasteiger partial charge in [0.1, 0.15) is 5.82 Å². The molecular formula is C27H30F4N2O4S. The molecule has 1 aliphatic carbocycles. The lowest BCUT2D eigenvalue weighted by Crippen LogP contribution is -2.41. The second-order valence-electron chi connectivity index (χ2n) is 10.0. The van der Waals surface area contributed by atoms with Crippen LogP contribution in [-0.2, 0) is 20.8 Å². The predicted octanol–water partition coefficient (Wildman–Crippen LogP) is 5.44. The third-order valence-corrected chi connectivity index (χ3v) is 8.35. The molecule has 0 spiro atoms. The van der Waals surface area contributed by atoms with Gasteiger partial charge in [0.25, 0.3) is 5.91 Å². The predicted molar refractivity (Wildman–Crippen MR) is 134 cm³/mol. The number of amides is 1. The van der Waals surface area contributed by atoms with E-state index < -0.39 is 45.3 Å². The van der Waals surface area contributed by atoms with Gasteiger partial charge in [0.2, 0.25) is 0 Å². The molecule has 0 aromatic heterocycles. The molecule has 1 amide bonds. The molecule has 6 nitrogen and oxygen atoms in total. The van der Waals surface area contributed by atoms with Crippen molar-refractivity contribution in [3.05, 3.63) is 58.9 Å². The molecule has 2 aromatic rings. The molecule has 2 aromatic carbocycles. The third kappa shape index (κ3) is 6.03. The van der Waals surface area contributed by atoms with Gasteiger partial charge in [-0.3, -0.25) is 9.59 Å².